The van der Waals surface area contributed by atoms with Crippen molar-refractivity contribution >= 4 is 5.78 Å². The Morgan fingerprint density at radius 2 is 2.10 bits per heavy atom. The second kappa shape index (κ2) is 2.15. The first-order valence-electron chi connectivity index (χ1n) is 3.07. The summed E-state index contributed by atoms with van der Waals surface area (Å²) in [6.07, 6.45) is 0.403. The molecular formula is C7H8F2O. The van der Waals surface area contributed by atoms with Crippen molar-refractivity contribution < 1.29 is 13.6 Å². The van der Waals surface area contributed by atoms with E-state index in [0.29, 0.717) is 5.57 Å². The average molecular weight is 146 g/mol. The summed E-state index contributed by atoms with van der Waals surface area (Å²) in [7, 11) is 0. The number of carbonyl (C=O) groups is 1. The largest absolute Gasteiger partial charge is 0.295 e. The summed E-state index contributed by atoms with van der Waals surface area (Å²) in [5.74, 6) is -3.26. The summed E-state index contributed by atoms with van der Waals surface area (Å²) >= 11 is 0. The van der Waals surface area contributed by atoms with E-state index in [9.17, 15) is 13.6 Å². The van der Waals surface area contributed by atoms with E-state index >= 15 is 0 Å². The zero-order chi connectivity index (χ0) is 7.78. The molecule has 0 N–H and O–H groups in total. The molecule has 0 bridgehead atoms. The topological polar surface area (TPSA) is 17.1 Å². The highest BCUT2D eigenvalue weighted by atomic mass is 19.3. The van der Waals surface area contributed by atoms with Gasteiger partial charge < -0.3 is 0 Å². The molecule has 0 aliphatic heterocycles. The molecule has 0 spiro atoms. The van der Waals surface area contributed by atoms with Gasteiger partial charge >= 0.3 is 0 Å². The molecule has 1 rings (SSSR count). The standard InChI is InChI=1S/C7H8F2O/c1-5-2-6(10)4-7(8,9)3-5/h2H,3-4H2,1H3. The monoisotopic (exact) mass is 146 g/mol. The molecule has 3 heteroatoms. The molecule has 1 nitrogen and oxygen atoms in total. The van der Waals surface area contributed by atoms with Crippen LogP contribution in [0.4, 0.5) is 8.78 Å². The number of alkyl halides is 2. The third-order valence-electron chi connectivity index (χ3n) is 1.38. The van der Waals surface area contributed by atoms with Gasteiger partial charge in [0.1, 0.15) is 0 Å². The molecule has 56 valence electrons. The molecule has 0 aromatic carbocycles. The maximum absolute atomic E-state index is 12.4. The van der Waals surface area contributed by atoms with Crippen LogP contribution >= 0.6 is 0 Å². The molecule has 0 unspecified atom stereocenters. The minimum atomic E-state index is -2.80. The van der Waals surface area contributed by atoms with Crippen molar-refractivity contribution in [1.82, 2.24) is 0 Å². The summed E-state index contributed by atoms with van der Waals surface area (Å²) in [4.78, 5) is 10.5. The van der Waals surface area contributed by atoms with Crippen LogP contribution in [0.25, 0.3) is 0 Å². The quantitative estimate of drug-likeness (QED) is 0.510. The molecule has 0 fully saturated rings. The summed E-state index contributed by atoms with van der Waals surface area (Å²) in [5.41, 5.74) is 0.473. The van der Waals surface area contributed by atoms with Gasteiger partial charge in [-0.3, -0.25) is 4.79 Å². The van der Waals surface area contributed by atoms with Crippen molar-refractivity contribution in [3.8, 4) is 0 Å². The molecule has 0 heterocycles. The smallest absolute Gasteiger partial charge is 0.258 e. The first-order valence-corrected chi connectivity index (χ1v) is 3.07. The maximum atomic E-state index is 12.4. The van der Waals surface area contributed by atoms with Gasteiger partial charge in [0, 0.05) is 6.42 Å². The van der Waals surface area contributed by atoms with Crippen molar-refractivity contribution in [2.45, 2.75) is 25.7 Å². The number of hydrogen-bond acceptors (Lipinski definition) is 1. The molecule has 1 aliphatic rings. The lowest BCUT2D eigenvalue weighted by atomic mass is 9.96. The molecule has 10 heavy (non-hydrogen) atoms. The second-order valence-electron chi connectivity index (χ2n) is 2.67. The Labute approximate surface area is 57.7 Å². The Bertz CT molecular complexity index is 194. The van der Waals surface area contributed by atoms with Crippen molar-refractivity contribution in [1.29, 1.82) is 0 Å². The molecule has 0 aromatic rings. The zero-order valence-electron chi connectivity index (χ0n) is 5.66. The van der Waals surface area contributed by atoms with E-state index in [0.717, 1.165) is 0 Å². The van der Waals surface area contributed by atoms with Crippen LogP contribution in [0, 0.1) is 0 Å². The molecule has 0 atom stereocenters. The van der Waals surface area contributed by atoms with E-state index in [1.807, 2.05) is 0 Å². The van der Waals surface area contributed by atoms with E-state index in [1.54, 1.807) is 6.92 Å². The summed E-state index contributed by atoms with van der Waals surface area (Å²) in [5, 5.41) is 0. The van der Waals surface area contributed by atoms with Crippen LogP contribution in [0.1, 0.15) is 19.8 Å². The fraction of sp³-hybridized carbons (Fsp3) is 0.571. The maximum Gasteiger partial charge on any atom is 0.258 e. The van der Waals surface area contributed by atoms with Gasteiger partial charge in [0.05, 0.1) is 6.42 Å². The third kappa shape index (κ3) is 1.62. The van der Waals surface area contributed by atoms with Crippen LogP contribution < -0.4 is 0 Å². The summed E-state index contributed by atoms with van der Waals surface area (Å²) in [6.45, 7) is 1.55. The van der Waals surface area contributed by atoms with Crippen LogP contribution in [0.15, 0.2) is 11.6 Å². The number of rotatable bonds is 0. The average Bonchev–Trinajstić information content (AvgIpc) is 1.54. The van der Waals surface area contributed by atoms with Crippen LogP contribution in [0.5, 0.6) is 0 Å². The SMILES string of the molecule is CC1=CC(=O)CC(F)(F)C1. The van der Waals surface area contributed by atoms with E-state index < -0.39 is 18.1 Å². The van der Waals surface area contributed by atoms with E-state index in [4.69, 9.17) is 0 Å². The fourth-order valence-electron chi connectivity index (χ4n) is 1.10. The molecule has 0 aromatic heterocycles. The highest BCUT2D eigenvalue weighted by Gasteiger charge is 2.34. The van der Waals surface area contributed by atoms with Gasteiger partial charge in [0.2, 0.25) is 0 Å². The Kier molecular flexibility index (Phi) is 1.58. The highest BCUT2D eigenvalue weighted by Crippen LogP contribution is 2.30. The van der Waals surface area contributed by atoms with E-state index in [2.05, 4.69) is 0 Å². The predicted molar refractivity (Wildman–Crippen MR) is 32.9 cm³/mol. The number of hydrogen-bond donors (Lipinski definition) is 0. The fourth-order valence-corrected chi connectivity index (χ4v) is 1.10. The first kappa shape index (κ1) is 7.38. The lowest BCUT2D eigenvalue weighted by Crippen LogP contribution is -2.24. The normalized spacial score (nSPS) is 24.3. The van der Waals surface area contributed by atoms with Gasteiger partial charge in [-0.2, -0.15) is 0 Å². The van der Waals surface area contributed by atoms with Crippen LogP contribution in [-0.2, 0) is 4.79 Å². The second-order valence-corrected chi connectivity index (χ2v) is 2.67. The predicted octanol–water partition coefficient (Wildman–Crippen LogP) is 1.93. The van der Waals surface area contributed by atoms with Crippen LogP contribution in [0.3, 0.4) is 0 Å². The lowest BCUT2D eigenvalue weighted by molar-refractivity contribution is -0.122. The number of carbonyl (C=O) groups excluding carboxylic acids is 1. The van der Waals surface area contributed by atoms with Gasteiger partial charge in [-0.25, -0.2) is 8.78 Å². The van der Waals surface area contributed by atoms with Crippen LogP contribution in [-0.4, -0.2) is 11.7 Å². The Morgan fingerprint density at radius 3 is 2.50 bits per heavy atom. The van der Waals surface area contributed by atoms with Gasteiger partial charge in [0.15, 0.2) is 5.78 Å². The minimum Gasteiger partial charge on any atom is -0.295 e. The molecule has 0 amide bonds. The minimum absolute atomic E-state index is 0.265. The van der Waals surface area contributed by atoms with E-state index in [-0.39, 0.29) is 6.42 Å². The van der Waals surface area contributed by atoms with Crippen LogP contribution in [0.2, 0.25) is 0 Å². The molecule has 0 saturated heterocycles. The third-order valence-corrected chi connectivity index (χ3v) is 1.38. The molecule has 1 aliphatic carbocycles. The van der Waals surface area contributed by atoms with Crippen molar-refractivity contribution in [3.05, 3.63) is 11.6 Å². The lowest BCUT2D eigenvalue weighted by Gasteiger charge is -2.18. The van der Waals surface area contributed by atoms with Gasteiger partial charge in [0.25, 0.3) is 5.92 Å². The first-order chi connectivity index (χ1) is 4.49. The van der Waals surface area contributed by atoms with Gasteiger partial charge in [-0.15, -0.1) is 0 Å². The van der Waals surface area contributed by atoms with Crippen molar-refractivity contribution in [3.63, 3.8) is 0 Å². The molecule has 0 radical (unpaired) electrons. The zero-order valence-corrected chi connectivity index (χ0v) is 5.66. The Balaban J connectivity index is 2.80. The van der Waals surface area contributed by atoms with Gasteiger partial charge in [-0.05, 0) is 13.0 Å². The van der Waals surface area contributed by atoms with Crippen molar-refractivity contribution in [2.24, 2.45) is 0 Å². The summed E-state index contributed by atoms with van der Waals surface area (Å²) < 4.78 is 24.9. The highest BCUT2D eigenvalue weighted by molar-refractivity contribution is 5.91. The van der Waals surface area contributed by atoms with E-state index in [1.165, 1.54) is 6.08 Å². The molecular weight excluding hydrogens is 138 g/mol. The Hall–Kier alpha value is -0.730. The number of halogens is 2. The Morgan fingerprint density at radius 1 is 1.50 bits per heavy atom. The number of allylic oxidation sites excluding steroid dienone is 2. The van der Waals surface area contributed by atoms with Gasteiger partial charge in [-0.1, -0.05) is 5.57 Å². The molecule has 0 saturated carbocycles. The number of ketones is 1. The summed E-state index contributed by atoms with van der Waals surface area (Å²) in [6, 6.07) is 0. The van der Waals surface area contributed by atoms with Crippen molar-refractivity contribution in [2.75, 3.05) is 0 Å².